The molecule has 186 valence electrons. The number of carbonyl (C=O) groups is 1. The maximum absolute atomic E-state index is 12.8. The van der Waals surface area contributed by atoms with Gasteiger partial charge in [0, 0.05) is 0 Å². The molecule has 0 aromatic rings. The van der Waals surface area contributed by atoms with Crippen LogP contribution in [0, 0.1) is 5.41 Å². The van der Waals surface area contributed by atoms with Crippen molar-refractivity contribution in [2.24, 2.45) is 5.41 Å². The van der Waals surface area contributed by atoms with Crippen LogP contribution < -0.4 is 0 Å². The summed E-state index contributed by atoms with van der Waals surface area (Å²) in [6, 6.07) is 0. The van der Waals surface area contributed by atoms with Gasteiger partial charge in [-0.1, -0.05) is 143 Å². The monoisotopic (exact) mass is 438 g/mol. The molecule has 0 aliphatic carbocycles. The molecule has 0 aromatic heterocycles. The molecule has 0 radical (unpaired) electrons. The van der Waals surface area contributed by atoms with Gasteiger partial charge in [0.25, 0.3) is 0 Å². The molecule has 1 unspecified atom stereocenters. The van der Waals surface area contributed by atoms with Crippen molar-refractivity contribution in [1.29, 1.82) is 0 Å². The number of carbonyl (C=O) groups excluding carboxylic acids is 1. The van der Waals surface area contributed by atoms with Gasteiger partial charge in [-0.2, -0.15) is 0 Å². The van der Waals surface area contributed by atoms with Gasteiger partial charge < -0.3 is 4.74 Å². The maximum atomic E-state index is 12.8. The lowest BCUT2D eigenvalue weighted by molar-refractivity contribution is -0.156. The fourth-order valence-corrected chi connectivity index (χ4v) is 4.47. The summed E-state index contributed by atoms with van der Waals surface area (Å²) in [4.78, 5) is 12.8. The second-order valence-corrected chi connectivity index (χ2v) is 10.2. The van der Waals surface area contributed by atoms with E-state index in [4.69, 9.17) is 4.74 Å². The normalized spacial score (nSPS) is 13.3. The zero-order valence-corrected chi connectivity index (χ0v) is 22.1. The Bertz CT molecular complexity index is 379. The lowest BCUT2D eigenvalue weighted by Crippen LogP contribution is -2.30. The lowest BCUT2D eigenvalue weighted by atomic mass is 9.80. The number of hydrogen-bond donors (Lipinski definition) is 0. The van der Waals surface area contributed by atoms with E-state index in [9.17, 15) is 4.79 Å². The van der Waals surface area contributed by atoms with Crippen LogP contribution in [-0.4, -0.2) is 12.6 Å². The van der Waals surface area contributed by atoms with Crippen LogP contribution >= 0.6 is 0 Å². The Labute approximate surface area is 196 Å². The summed E-state index contributed by atoms with van der Waals surface area (Å²) in [5.41, 5.74) is -0.267. The van der Waals surface area contributed by atoms with Crippen molar-refractivity contribution in [2.45, 2.75) is 169 Å². The van der Waals surface area contributed by atoms with Crippen LogP contribution in [0.5, 0.6) is 0 Å². The zero-order valence-electron chi connectivity index (χ0n) is 22.1. The molecule has 31 heavy (non-hydrogen) atoms. The summed E-state index contributed by atoms with van der Waals surface area (Å²) in [6.45, 7) is 9.54. The number of esters is 1. The predicted molar refractivity (Wildman–Crippen MR) is 138 cm³/mol. The average Bonchev–Trinajstić information content (AvgIpc) is 2.77. The van der Waals surface area contributed by atoms with Crippen molar-refractivity contribution in [3.05, 3.63) is 0 Å². The van der Waals surface area contributed by atoms with E-state index in [1.807, 2.05) is 0 Å². The van der Waals surface area contributed by atoms with Crippen LogP contribution in [0.25, 0.3) is 0 Å². The molecule has 1 atom stereocenters. The summed E-state index contributed by atoms with van der Waals surface area (Å²) in [7, 11) is 0. The third-order valence-corrected chi connectivity index (χ3v) is 6.89. The predicted octanol–water partition coefficient (Wildman–Crippen LogP) is 10.2. The van der Waals surface area contributed by atoms with Gasteiger partial charge in [-0.25, -0.2) is 0 Å². The first-order valence-corrected chi connectivity index (χ1v) is 14.3. The van der Waals surface area contributed by atoms with Gasteiger partial charge >= 0.3 is 5.97 Å². The van der Waals surface area contributed by atoms with E-state index in [1.165, 1.54) is 109 Å². The Morgan fingerprint density at radius 2 is 0.871 bits per heavy atom. The second-order valence-electron chi connectivity index (χ2n) is 10.2. The number of ether oxygens (including phenoxy) is 1. The highest BCUT2D eigenvalue weighted by atomic mass is 16.5. The molecule has 2 heteroatoms. The van der Waals surface area contributed by atoms with Gasteiger partial charge in [0.15, 0.2) is 0 Å². The molecule has 0 aliphatic heterocycles. The van der Waals surface area contributed by atoms with Crippen molar-refractivity contribution >= 4 is 5.97 Å². The van der Waals surface area contributed by atoms with E-state index in [0.717, 1.165) is 32.1 Å². The second kappa shape index (κ2) is 22.7. The highest BCUT2D eigenvalue weighted by Crippen LogP contribution is 2.32. The first-order valence-electron chi connectivity index (χ1n) is 14.3. The van der Waals surface area contributed by atoms with E-state index < -0.39 is 0 Å². The summed E-state index contributed by atoms with van der Waals surface area (Å²) < 4.78 is 5.76. The van der Waals surface area contributed by atoms with Gasteiger partial charge in [0.1, 0.15) is 0 Å². The van der Waals surface area contributed by atoms with Crippen LogP contribution in [0.4, 0.5) is 0 Å². The molecule has 0 aliphatic rings. The first-order chi connectivity index (χ1) is 15.1. The van der Waals surface area contributed by atoms with Crippen LogP contribution in [0.15, 0.2) is 0 Å². The molecule has 0 rings (SSSR count). The maximum Gasteiger partial charge on any atom is 0.311 e. The van der Waals surface area contributed by atoms with Crippen molar-refractivity contribution < 1.29 is 9.53 Å². The molecule has 0 aromatic carbocycles. The number of rotatable bonds is 24. The topological polar surface area (TPSA) is 26.3 Å². The molecule has 0 saturated heterocycles. The van der Waals surface area contributed by atoms with Gasteiger partial charge in [-0.3, -0.25) is 4.79 Å². The van der Waals surface area contributed by atoms with E-state index in [2.05, 4.69) is 27.7 Å². The lowest BCUT2D eigenvalue weighted by Gasteiger charge is -2.27. The van der Waals surface area contributed by atoms with Crippen LogP contribution in [0.2, 0.25) is 0 Å². The van der Waals surface area contributed by atoms with Gasteiger partial charge in [0.05, 0.1) is 12.0 Å². The molecule has 0 saturated carbocycles. The Morgan fingerprint density at radius 3 is 1.32 bits per heavy atom. The Hall–Kier alpha value is -0.530. The molecular weight excluding hydrogens is 380 g/mol. The number of hydrogen-bond acceptors (Lipinski definition) is 2. The third-order valence-electron chi connectivity index (χ3n) is 6.89. The standard InChI is InChI=1S/C29H58O2/c1-5-8-11-13-15-17-18-20-22-24-27-31-28(30)29(4,25-10-7-3)26-23-21-19-16-14-12-9-6-2/h5-27H2,1-4H3. The molecule has 2 nitrogen and oxygen atoms in total. The third kappa shape index (κ3) is 18.7. The van der Waals surface area contributed by atoms with Gasteiger partial charge in [0.2, 0.25) is 0 Å². The van der Waals surface area contributed by atoms with Crippen molar-refractivity contribution in [1.82, 2.24) is 0 Å². The zero-order chi connectivity index (χ0) is 23.0. The fourth-order valence-electron chi connectivity index (χ4n) is 4.47. The van der Waals surface area contributed by atoms with Crippen LogP contribution in [0.1, 0.15) is 169 Å². The molecule has 0 amide bonds. The van der Waals surface area contributed by atoms with Crippen LogP contribution in [0.3, 0.4) is 0 Å². The van der Waals surface area contributed by atoms with Gasteiger partial charge in [-0.15, -0.1) is 0 Å². The van der Waals surface area contributed by atoms with E-state index >= 15 is 0 Å². The minimum absolute atomic E-state index is 0.0693. The quantitative estimate of drug-likeness (QED) is 0.111. The van der Waals surface area contributed by atoms with Gasteiger partial charge in [-0.05, 0) is 26.2 Å². The largest absolute Gasteiger partial charge is 0.465 e. The molecule has 0 spiro atoms. The van der Waals surface area contributed by atoms with Crippen molar-refractivity contribution in [3.8, 4) is 0 Å². The van der Waals surface area contributed by atoms with Crippen molar-refractivity contribution in [3.63, 3.8) is 0 Å². The molecule has 0 N–H and O–H groups in total. The number of unbranched alkanes of at least 4 members (excludes halogenated alkanes) is 17. The Morgan fingerprint density at radius 1 is 0.516 bits per heavy atom. The van der Waals surface area contributed by atoms with E-state index in [-0.39, 0.29) is 11.4 Å². The molecular formula is C29H58O2. The van der Waals surface area contributed by atoms with Crippen LogP contribution in [-0.2, 0) is 9.53 Å². The summed E-state index contributed by atoms with van der Waals surface area (Å²) in [6.07, 6.45) is 28.0. The van der Waals surface area contributed by atoms with Crippen molar-refractivity contribution in [2.75, 3.05) is 6.61 Å². The summed E-state index contributed by atoms with van der Waals surface area (Å²) in [5.74, 6) is 0.0693. The fraction of sp³-hybridized carbons (Fsp3) is 0.966. The highest BCUT2D eigenvalue weighted by Gasteiger charge is 2.33. The smallest absolute Gasteiger partial charge is 0.311 e. The van der Waals surface area contributed by atoms with E-state index in [1.54, 1.807) is 0 Å². The SMILES string of the molecule is CCCCCCCCCCCCOC(=O)C(C)(CCCC)CCCCCCCCCC. The minimum atomic E-state index is -0.267. The minimum Gasteiger partial charge on any atom is -0.465 e. The summed E-state index contributed by atoms with van der Waals surface area (Å²) >= 11 is 0. The molecule has 0 fully saturated rings. The summed E-state index contributed by atoms with van der Waals surface area (Å²) in [5, 5.41) is 0. The average molecular weight is 439 g/mol. The molecule has 0 heterocycles. The highest BCUT2D eigenvalue weighted by molar-refractivity contribution is 5.76. The van der Waals surface area contributed by atoms with E-state index in [0.29, 0.717) is 6.61 Å². The first kappa shape index (κ1) is 30.5. The Balaban J connectivity index is 3.91. The molecule has 0 bridgehead atoms. The Kier molecular flexibility index (Phi) is 22.3.